The van der Waals surface area contributed by atoms with E-state index in [1.165, 1.54) is 10.9 Å². The van der Waals surface area contributed by atoms with Crippen LogP contribution in [0, 0.1) is 0 Å². The van der Waals surface area contributed by atoms with E-state index >= 15 is 0 Å². The number of aryl methyl sites for hydroxylation is 1. The summed E-state index contributed by atoms with van der Waals surface area (Å²) >= 11 is 0. The second-order valence-corrected chi connectivity index (χ2v) is 6.77. The van der Waals surface area contributed by atoms with Crippen LogP contribution in [-0.4, -0.2) is 38.7 Å². The van der Waals surface area contributed by atoms with Crippen LogP contribution in [-0.2, 0) is 13.1 Å². The summed E-state index contributed by atoms with van der Waals surface area (Å²) in [5, 5.41) is 8.03. The van der Waals surface area contributed by atoms with Gasteiger partial charge in [0.15, 0.2) is 5.96 Å². The molecule has 0 bridgehead atoms. The van der Waals surface area contributed by atoms with Gasteiger partial charge in [-0.3, -0.25) is 9.56 Å². The first-order valence-electron chi connectivity index (χ1n) is 9.75. The van der Waals surface area contributed by atoms with Gasteiger partial charge in [-0.15, -0.1) is 0 Å². The van der Waals surface area contributed by atoms with Gasteiger partial charge in [0.1, 0.15) is 12.1 Å². The van der Waals surface area contributed by atoms with Crippen LogP contribution < -0.4 is 10.6 Å². The van der Waals surface area contributed by atoms with Crippen LogP contribution in [0.1, 0.15) is 12.0 Å². The molecule has 0 atom stereocenters. The van der Waals surface area contributed by atoms with Gasteiger partial charge in [-0.05, 0) is 41.6 Å². The fourth-order valence-corrected chi connectivity index (χ4v) is 3.30. The topological polar surface area (TPSA) is 72.1 Å². The number of nitrogens with zero attached hydrogens (tertiary/aromatic N) is 5. The summed E-state index contributed by atoms with van der Waals surface area (Å²) in [5.74, 6) is 1.65. The number of nitrogens with one attached hydrogen (secondary N) is 2. The number of rotatable bonds is 7. The number of aliphatic imine (C=N–C) groups is 1. The van der Waals surface area contributed by atoms with Crippen molar-refractivity contribution in [2.45, 2.75) is 19.5 Å². The highest BCUT2D eigenvalue weighted by Crippen LogP contribution is 2.15. The summed E-state index contributed by atoms with van der Waals surface area (Å²) in [6.07, 6.45) is 10.3. The molecule has 0 unspecified atom stereocenters. The maximum Gasteiger partial charge on any atom is 0.191 e. The third kappa shape index (κ3) is 4.63. The first kappa shape index (κ1) is 18.7. The first-order valence-corrected chi connectivity index (χ1v) is 9.75. The second-order valence-electron chi connectivity index (χ2n) is 6.77. The molecule has 29 heavy (non-hydrogen) atoms. The highest BCUT2D eigenvalue weighted by molar-refractivity contribution is 5.80. The molecule has 0 spiro atoms. The van der Waals surface area contributed by atoms with Gasteiger partial charge in [0.25, 0.3) is 0 Å². The number of hydrogen-bond acceptors (Lipinski definition) is 3. The van der Waals surface area contributed by atoms with Crippen molar-refractivity contribution < 1.29 is 0 Å². The number of para-hydroxylation sites is 1. The fraction of sp³-hybridized carbons (Fsp3) is 0.227. The van der Waals surface area contributed by atoms with Gasteiger partial charge in [0, 0.05) is 57.0 Å². The molecular weight excluding hydrogens is 362 g/mol. The molecule has 0 saturated heterocycles. The largest absolute Gasteiger partial charge is 0.356 e. The van der Waals surface area contributed by atoms with Crippen molar-refractivity contribution in [3.8, 4) is 5.82 Å². The Morgan fingerprint density at radius 1 is 1.07 bits per heavy atom. The molecule has 0 radical (unpaired) electrons. The van der Waals surface area contributed by atoms with Gasteiger partial charge in [-0.1, -0.05) is 18.2 Å². The van der Waals surface area contributed by atoms with E-state index < -0.39 is 0 Å². The summed E-state index contributed by atoms with van der Waals surface area (Å²) in [4.78, 5) is 12.8. The maximum absolute atomic E-state index is 4.38. The minimum Gasteiger partial charge on any atom is -0.356 e. The number of fused-ring (bicyclic) bond motifs is 1. The van der Waals surface area contributed by atoms with Gasteiger partial charge in [0.05, 0.1) is 0 Å². The van der Waals surface area contributed by atoms with Crippen molar-refractivity contribution in [2.75, 3.05) is 13.6 Å². The maximum atomic E-state index is 4.38. The lowest BCUT2D eigenvalue weighted by Gasteiger charge is -2.13. The van der Waals surface area contributed by atoms with E-state index in [2.05, 4.69) is 66.7 Å². The smallest absolute Gasteiger partial charge is 0.191 e. The molecule has 0 saturated carbocycles. The van der Waals surface area contributed by atoms with Crippen LogP contribution in [0.3, 0.4) is 0 Å². The Labute approximate surface area is 170 Å². The van der Waals surface area contributed by atoms with E-state index in [4.69, 9.17) is 0 Å². The molecule has 1 aromatic carbocycles. The van der Waals surface area contributed by atoms with Gasteiger partial charge in [0.2, 0.25) is 0 Å². The molecule has 0 aliphatic carbocycles. The molecule has 2 N–H and O–H groups in total. The minimum atomic E-state index is 0.673. The average Bonchev–Trinajstić information content (AvgIpc) is 3.44. The zero-order chi connectivity index (χ0) is 19.9. The van der Waals surface area contributed by atoms with E-state index in [9.17, 15) is 0 Å². The zero-order valence-electron chi connectivity index (χ0n) is 16.5. The average molecular weight is 387 g/mol. The lowest BCUT2D eigenvalue weighted by Crippen LogP contribution is -2.37. The normalized spacial score (nSPS) is 11.7. The Hall–Kier alpha value is -3.61. The highest BCUT2D eigenvalue weighted by Gasteiger charge is 2.03. The number of guanidine groups is 1. The molecule has 0 aliphatic rings. The number of aromatic nitrogens is 4. The van der Waals surface area contributed by atoms with Crippen molar-refractivity contribution in [1.82, 2.24) is 29.7 Å². The van der Waals surface area contributed by atoms with Crippen molar-refractivity contribution in [1.29, 1.82) is 0 Å². The standard InChI is InChI=1S/C22H25N7/c1-23-22(26-9-4-12-28-13-8-19-5-2-3-6-20(19)28)27-16-18-7-10-25-21(15-18)29-14-11-24-17-29/h2-3,5-8,10-11,13-15,17H,4,9,12,16H2,1H3,(H2,23,26,27). The van der Waals surface area contributed by atoms with Crippen LogP contribution in [0.15, 0.2) is 78.6 Å². The minimum absolute atomic E-state index is 0.673. The number of pyridine rings is 1. The molecule has 3 aromatic heterocycles. The summed E-state index contributed by atoms with van der Waals surface area (Å²) in [6.45, 7) is 2.49. The van der Waals surface area contributed by atoms with Crippen molar-refractivity contribution in [2.24, 2.45) is 4.99 Å². The monoisotopic (exact) mass is 387 g/mol. The quantitative estimate of drug-likeness (QED) is 0.291. The molecule has 4 aromatic rings. The van der Waals surface area contributed by atoms with Gasteiger partial charge >= 0.3 is 0 Å². The van der Waals surface area contributed by atoms with E-state index in [-0.39, 0.29) is 0 Å². The summed E-state index contributed by atoms with van der Waals surface area (Å²) in [6, 6.07) is 14.7. The third-order valence-electron chi connectivity index (χ3n) is 4.81. The zero-order valence-corrected chi connectivity index (χ0v) is 16.5. The van der Waals surface area contributed by atoms with E-state index in [1.54, 1.807) is 19.6 Å². The Kier molecular flexibility index (Phi) is 5.85. The summed E-state index contributed by atoms with van der Waals surface area (Å²) < 4.78 is 4.18. The first-order chi connectivity index (χ1) is 14.3. The molecule has 7 nitrogen and oxygen atoms in total. The summed E-state index contributed by atoms with van der Waals surface area (Å²) in [7, 11) is 1.79. The molecule has 0 amide bonds. The third-order valence-corrected chi connectivity index (χ3v) is 4.81. The predicted molar refractivity (Wildman–Crippen MR) is 116 cm³/mol. The number of hydrogen-bond donors (Lipinski definition) is 2. The highest BCUT2D eigenvalue weighted by atomic mass is 15.2. The molecule has 0 aliphatic heterocycles. The van der Waals surface area contributed by atoms with Crippen LogP contribution in [0.2, 0.25) is 0 Å². The van der Waals surface area contributed by atoms with Gasteiger partial charge in [-0.2, -0.15) is 0 Å². The Balaban J connectivity index is 1.25. The van der Waals surface area contributed by atoms with E-state index in [1.807, 2.05) is 29.1 Å². The van der Waals surface area contributed by atoms with E-state index in [0.29, 0.717) is 6.54 Å². The fourth-order valence-electron chi connectivity index (χ4n) is 3.30. The lowest BCUT2D eigenvalue weighted by atomic mass is 10.2. The van der Waals surface area contributed by atoms with Gasteiger partial charge in [-0.25, -0.2) is 9.97 Å². The summed E-state index contributed by atoms with van der Waals surface area (Å²) in [5.41, 5.74) is 2.41. The van der Waals surface area contributed by atoms with Crippen LogP contribution in [0.5, 0.6) is 0 Å². The van der Waals surface area contributed by atoms with Crippen molar-refractivity contribution >= 4 is 16.9 Å². The molecule has 7 heteroatoms. The number of benzene rings is 1. The molecule has 148 valence electrons. The molecule has 0 fully saturated rings. The Morgan fingerprint density at radius 2 is 2.00 bits per heavy atom. The predicted octanol–water partition coefficient (Wildman–Crippen LogP) is 2.98. The van der Waals surface area contributed by atoms with Crippen LogP contribution in [0.25, 0.3) is 16.7 Å². The van der Waals surface area contributed by atoms with Crippen molar-refractivity contribution in [3.63, 3.8) is 0 Å². The molecule has 4 rings (SSSR count). The molecule has 3 heterocycles. The van der Waals surface area contributed by atoms with Crippen LogP contribution >= 0.6 is 0 Å². The second kappa shape index (κ2) is 9.05. The molecular formula is C22H25N7. The van der Waals surface area contributed by atoms with E-state index in [0.717, 1.165) is 36.9 Å². The Bertz CT molecular complexity index is 1080. The Morgan fingerprint density at radius 3 is 2.86 bits per heavy atom. The lowest BCUT2D eigenvalue weighted by molar-refractivity contribution is 0.640. The van der Waals surface area contributed by atoms with Crippen LogP contribution in [0.4, 0.5) is 0 Å². The SMILES string of the molecule is CN=C(NCCCn1ccc2ccccc21)NCc1ccnc(-n2ccnc2)c1. The van der Waals surface area contributed by atoms with Crippen molar-refractivity contribution in [3.05, 3.63) is 79.1 Å². The number of imidazole rings is 1. The van der Waals surface area contributed by atoms with Gasteiger partial charge < -0.3 is 15.2 Å².